The van der Waals surface area contributed by atoms with Gasteiger partial charge in [0.15, 0.2) is 11.5 Å². The zero-order valence-corrected chi connectivity index (χ0v) is 17.5. The molecule has 1 saturated heterocycles. The molecule has 31 heavy (non-hydrogen) atoms. The first-order valence-electron chi connectivity index (χ1n) is 10.3. The molecule has 2 bridgehead atoms. The first-order valence-corrected chi connectivity index (χ1v) is 10.3. The number of aromatic nitrogens is 3. The van der Waals surface area contributed by atoms with Gasteiger partial charge in [0, 0.05) is 42.9 Å². The van der Waals surface area contributed by atoms with Gasteiger partial charge in [-0.05, 0) is 42.7 Å². The second-order valence-corrected chi connectivity index (χ2v) is 8.14. The van der Waals surface area contributed by atoms with E-state index in [1.807, 2.05) is 33.7 Å². The SMILES string of the molecule is COc1ccc(-c2cc(C(=O)N3CC4CC(C3)c3cccc(=O)n3C4)[nH]n2)cc1OC. The number of pyridine rings is 1. The second-order valence-electron chi connectivity index (χ2n) is 8.14. The summed E-state index contributed by atoms with van der Waals surface area (Å²) in [5.41, 5.74) is 3.02. The molecule has 3 aromatic rings. The van der Waals surface area contributed by atoms with Crippen molar-refractivity contribution in [2.45, 2.75) is 18.9 Å². The minimum absolute atomic E-state index is 0.0418. The highest BCUT2D eigenvalue weighted by Gasteiger charge is 2.36. The lowest BCUT2D eigenvalue weighted by molar-refractivity contribution is 0.0588. The fourth-order valence-corrected chi connectivity index (χ4v) is 4.81. The lowest BCUT2D eigenvalue weighted by Gasteiger charge is -2.42. The molecule has 2 atom stereocenters. The number of methoxy groups -OCH3 is 2. The zero-order chi connectivity index (χ0) is 21.5. The molecule has 5 rings (SSSR count). The highest BCUT2D eigenvalue weighted by Crippen LogP contribution is 2.36. The van der Waals surface area contributed by atoms with Crippen molar-refractivity contribution >= 4 is 5.91 Å². The molecule has 1 fully saturated rings. The van der Waals surface area contributed by atoms with Gasteiger partial charge in [0.05, 0.1) is 19.9 Å². The molecule has 2 unspecified atom stereocenters. The Labute approximate surface area is 179 Å². The quantitative estimate of drug-likeness (QED) is 0.701. The maximum Gasteiger partial charge on any atom is 0.271 e. The molecule has 2 aromatic heterocycles. The number of carbonyl (C=O) groups excluding carboxylic acids is 1. The molecule has 8 heteroatoms. The number of nitrogens with zero attached hydrogens (tertiary/aromatic N) is 3. The molecule has 1 amide bonds. The normalized spacial score (nSPS) is 19.6. The molecule has 1 aromatic carbocycles. The smallest absolute Gasteiger partial charge is 0.271 e. The predicted molar refractivity (Wildman–Crippen MR) is 115 cm³/mol. The number of ether oxygens (including phenoxy) is 2. The Balaban J connectivity index is 1.38. The van der Waals surface area contributed by atoms with Crippen molar-refractivity contribution in [3.63, 3.8) is 0 Å². The van der Waals surface area contributed by atoms with E-state index in [4.69, 9.17) is 9.47 Å². The van der Waals surface area contributed by atoms with Gasteiger partial charge in [0.1, 0.15) is 5.69 Å². The van der Waals surface area contributed by atoms with Crippen molar-refractivity contribution in [1.29, 1.82) is 0 Å². The van der Waals surface area contributed by atoms with E-state index in [1.165, 1.54) is 0 Å². The van der Waals surface area contributed by atoms with E-state index < -0.39 is 0 Å². The molecule has 0 aliphatic carbocycles. The molecule has 2 aliphatic heterocycles. The van der Waals surface area contributed by atoms with Crippen LogP contribution in [0.4, 0.5) is 0 Å². The van der Waals surface area contributed by atoms with E-state index >= 15 is 0 Å². The Morgan fingerprint density at radius 2 is 1.90 bits per heavy atom. The van der Waals surface area contributed by atoms with Crippen LogP contribution in [0.2, 0.25) is 0 Å². The van der Waals surface area contributed by atoms with Crippen molar-refractivity contribution in [2.24, 2.45) is 5.92 Å². The average Bonchev–Trinajstić information content (AvgIpc) is 3.29. The third-order valence-electron chi connectivity index (χ3n) is 6.25. The minimum Gasteiger partial charge on any atom is -0.493 e. The Kier molecular flexibility index (Phi) is 4.77. The number of amides is 1. The first-order chi connectivity index (χ1) is 15.1. The van der Waals surface area contributed by atoms with Gasteiger partial charge in [0.25, 0.3) is 11.5 Å². The van der Waals surface area contributed by atoms with E-state index in [9.17, 15) is 9.59 Å². The average molecular weight is 420 g/mol. The molecule has 160 valence electrons. The van der Waals surface area contributed by atoms with Crippen LogP contribution in [0.3, 0.4) is 0 Å². The molecule has 2 aliphatic rings. The number of carbonyl (C=O) groups is 1. The van der Waals surface area contributed by atoms with Gasteiger partial charge < -0.3 is 18.9 Å². The molecular formula is C23H24N4O4. The minimum atomic E-state index is -0.0688. The molecule has 0 spiro atoms. The van der Waals surface area contributed by atoms with Gasteiger partial charge >= 0.3 is 0 Å². The first kappa shape index (κ1) is 19.4. The van der Waals surface area contributed by atoms with E-state index in [-0.39, 0.29) is 23.3 Å². The molecule has 0 radical (unpaired) electrons. The summed E-state index contributed by atoms with van der Waals surface area (Å²) in [6.45, 7) is 1.90. The molecule has 4 heterocycles. The topological polar surface area (TPSA) is 89.5 Å². The van der Waals surface area contributed by atoms with Crippen LogP contribution in [0.5, 0.6) is 11.5 Å². The van der Waals surface area contributed by atoms with Gasteiger partial charge in [-0.3, -0.25) is 14.7 Å². The van der Waals surface area contributed by atoms with Gasteiger partial charge in [-0.1, -0.05) is 6.07 Å². The van der Waals surface area contributed by atoms with Crippen LogP contribution < -0.4 is 15.0 Å². The number of nitrogens with one attached hydrogen (secondary N) is 1. The van der Waals surface area contributed by atoms with Crippen LogP contribution in [0, 0.1) is 5.92 Å². The maximum absolute atomic E-state index is 13.2. The van der Waals surface area contributed by atoms with E-state index in [0.29, 0.717) is 42.5 Å². The van der Waals surface area contributed by atoms with Gasteiger partial charge in [0.2, 0.25) is 0 Å². The fraction of sp³-hybridized carbons (Fsp3) is 0.348. The zero-order valence-electron chi connectivity index (χ0n) is 17.5. The monoisotopic (exact) mass is 420 g/mol. The fourth-order valence-electron chi connectivity index (χ4n) is 4.81. The number of rotatable bonds is 4. The Morgan fingerprint density at radius 3 is 2.71 bits per heavy atom. The third-order valence-corrected chi connectivity index (χ3v) is 6.25. The summed E-state index contributed by atoms with van der Waals surface area (Å²) in [6, 6.07) is 12.7. The van der Waals surface area contributed by atoms with Gasteiger partial charge in [-0.25, -0.2) is 0 Å². The van der Waals surface area contributed by atoms with Crippen molar-refractivity contribution in [1.82, 2.24) is 19.7 Å². The Morgan fingerprint density at radius 1 is 1.06 bits per heavy atom. The van der Waals surface area contributed by atoms with Gasteiger partial charge in [-0.15, -0.1) is 0 Å². The van der Waals surface area contributed by atoms with Crippen LogP contribution in [0.25, 0.3) is 11.3 Å². The second kappa shape index (κ2) is 7.61. The number of hydrogen-bond donors (Lipinski definition) is 1. The van der Waals surface area contributed by atoms with Crippen LogP contribution >= 0.6 is 0 Å². The summed E-state index contributed by atoms with van der Waals surface area (Å²) in [4.78, 5) is 27.3. The van der Waals surface area contributed by atoms with Crippen molar-refractivity contribution < 1.29 is 14.3 Å². The maximum atomic E-state index is 13.2. The molecule has 8 nitrogen and oxygen atoms in total. The van der Waals surface area contributed by atoms with Crippen LogP contribution in [-0.2, 0) is 6.54 Å². The van der Waals surface area contributed by atoms with Crippen molar-refractivity contribution in [2.75, 3.05) is 27.3 Å². The van der Waals surface area contributed by atoms with Crippen molar-refractivity contribution in [3.8, 4) is 22.8 Å². The van der Waals surface area contributed by atoms with Crippen LogP contribution in [0.15, 0.2) is 47.3 Å². The molecule has 1 N–H and O–H groups in total. The number of hydrogen-bond acceptors (Lipinski definition) is 5. The standard InChI is InChI=1S/C23H24N4O4/c1-30-20-7-6-15(9-21(20)31-2)17-10-18(25-24-17)23(29)26-11-14-8-16(13-26)19-4-3-5-22(28)27(19)12-14/h3-7,9-10,14,16H,8,11-13H2,1-2H3,(H,24,25). The van der Waals surface area contributed by atoms with Crippen LogP contribution in [-0.4, -0.2) is 52.9 Å². The largest absolute Gasteiger partial charge is 0.493 e. The summed E-state index contributed by atoms with van der Waals surface area (Å²) < 4.78 is 12.5. The van der Waals surface area contributed by atoms with E-state index in [2.05, 4.69) is 10.2 Å². The molecular weight excluding hydrogens is 396 g/mol. The third kappa shape index (κ3) is 3.37. The number of H-pyrrole nitrogens is 1. The van der Waals surface area contributed by atoms with Gasteiger partial charge in [-0.2, -0.15) is 5.10 Å². The Hall–Kier alpha value is -3.55. The Bertz CT molecular complexity index is 1200. The number of benzene rings is 1. The summed E-state index contributed by atoms with van der Waals surface area (Å²) in [7, 11) is 3.17. The van der Waals surface area contributed by atoms with E-state index in [0.717, 1.165) is 17.7 Å². The summed E-state index contributed by atoms with van der Waals surface area (Å²) in [5.74, 6) is 1.63. The number of piperidine rings is 1. The summed E-state index contributed by atoms with van der Waals surface area (Å²) >= 11 is 0. The number of fused-ring (bicyclic) bond motifs is 4. The lowest BCUT2D eigenvalue weighted by atomic mass is 9.83. The van der Waals surface area contributed by atoms with E-state index in [1.54, 1.807) is 32.4 Å². The summed E-state index contributed by atoms with van der Waals surface area (Å²) in [5, 5.41) is 7.23. The van der Waals surface area contributed by atoms with Crippen molar-refractivity contribution in [3.05, 3.63) is 64.2 Å². The van der Waals surface area contributed by atoms with Crippen LogP contribution in [0.1, 0.15) is 28.5 Å². The number of likely N-dealkylation sites (tertiary alicyclic amines) is 1. The molecule has 0 saturated carbocycles. The predicted octanol–water partition coefficient (Wildman–Crippen LogP) is 2.52. The number of aromatic amines is 1. The summed E-state index contributed by atoms with van der Waals surface area (Å²) in [6.07, 6.45) is 1.01. The highest BCUT2D eigenvalue weighted by molar-refractivity contribution is 5.93. The lowest BCUT2D eigenvalue weighted by Crippen LogP contribution is -2.49. The highest BCUT2D eigenvalue weighted by atomic mass is 16.5.